The van der Waals surface area contributed by atoms with Crippen molar-refractivity contribution in [1.29, 1.82) is 0 Å². The highest BCUT2D eigenvalue weighted by Crippen LogP contribution is 2.38. The van der Waals surface area contributed by atoms with Crippen molar-refractivity contribution in [2.24, 2.45) is 11.8 Å². The van der Waals surface area contributed by atoms with Crippen molar-refractivity contribution in [3.8, 4) is 0 Å². The first kappa shape index (κ1) is 17.5. The van der Waals surface area contributed by atoms with E-state index in [4.69, 9.17) is 9.31 Å². The number of rotatable bonds is 3. The molecule has 1 N–H and O–H groups in total. The van der Waals surface area contributed by atoms with E-state index in [0.29, 0.717) is 11.7 Å². The normalized spacial score (nSPS) is 26.1. The number of anilines is 1. The second-order valence-electron chi connectivity index (χ2n) is 8.57. The number of carbonyl (C=O) groups excluding carboxylic acids is 1. The van der Waals surface area contributed by atoms with Crippen LogP contribution in [0.3, 0.4) is 0 Å². The molecular weight excluding hydrogens is 327 g/mol. The molecular formula is C20H25BN2O3. The van der Waals surface area contributed by atoms with Crippen LogP contribution in [0.4, 0.5) is 5.82 Å². The van der Waals surface area contributed by atoms with Gasteiger partial charge in [0.05, 0.1) is 11.2 Å². The highest BCUT2D eigenvalue weighted by atomic mass is 16.7. The molecule has 0 spiro atoms. The topological polar surface area (TPSA) is 60.5 Å². The van der Waals surface area contributed by atoms with Gasteiger partial charge in [-0.2, -0.15) is 0 Å². The molecule has 5 nitrogen and oxygen atoms in total. The Morgan fingerprint density at radius 2 is 1.81 bits per heavy atom. The quantitative estimate of drug-likeness (QED) is 0.863. The molecule has 1 aromatic heterocycles. The summed E-state index contributed by atoms with van der Waals surface area (Å²) in [6, 6.07) is 7.99. The van der Waals surface area contributed by atoms with Gasteiger partial charge in [-0.05, 0) is 62.3 Å². The first-order valence-electron chi connectivity index (χ1n) is 9.22. The van der Waals surface area contributed by atoms with E-state index in [9.17, 15) is 4.79 Å². The molecule has 2 unspecified atom stereocenters. The van der Waals surface area contributed by atoms with Crippen molar-refractivity contribution in [3.05, 3.63) is 30.5 Å². The number of carbonyl (C=O) groups is 1. The maximum absolute atomic E-state index is 12.1. The monoisotopic (exact) mass is 352 g/mol. The Morgan fingerprint density at radius 3 is 2.42 bits per heavy atom. The molecule has 1 amide bonds. The maximum Gasteiger partial charge on any atom is 0.494 e. The molecule has 2 aliphatic rings. The van der Waals surface area contributed by atoms with Crippen molar-refractivity contribution < 1.29 is 14.1 Å². The van der Waals surface area contributed by atoms with E-state index in [1.807, 2.05) is 52.0 Å². The van der Waals surface area contributed by atoms with Crippen molar-refractivity contribution in [1.82, 2.24) is 4.98 Å². The summed E-state index contributed by atoms with van der Waals surface area (Å²) in [6.07, 6.45) is 2.76. The number of fused-ring (bicyclic) bond motifs is 1. The van der Waals surface area contributed by atoms with Crippen molar-refractivity contribution in [2.45, 2.75) is 52.2 Å². The lowest BCUT2D eigenvalue weighted by Crippen LogP contribution is -2.41. The summed E-state index contributed by atoms with van der Waals surface area (Å²) in [6.45, 7) is 10.3. The third-order valence-corrected chi connectivity index (χ3v) is 5.97. The Labute approximate surface area is 154 Å². The lowest BCUT2D eigenvalue weighted by Gasteiger charge is -2.32. The van der Waals surface area contributed by atoms with Gasteiger partial charge in [0, 0.05) is 12.1 Å². The molecule has 1 saturated carbocycles. The number of pyridine rings is 1. The van der Waals surface area contributed by atoms with E-state index in [-0.39, 0.29) is 30.1 Å². The number of hydrogen-bond donors (Lipinski definition) is 1. The average molecular weight is 352 g/mol. The molecule has 1 aliphatic carbocycles. The Balaban J connectivity index is 1.55. The van der Waals surface area contributed by atoms with E-state index >= 15 is 0 Å². The van der Waals surface area contributed by atoms with Crippen LogP contribution in [-0.4, -0.2) is 29.2 Å². The lowest BCUT2D eigenvalue weighted by atomic mass is 9.78. The fourth-order valence-corrected chi connectivity index (χ4v) is 3.26. The van der Waals surface area contributed by atoms with Gasteiger partial charge in [0.25, 0.3) is 0 Å². The largest absolute Gasteiger partial charge is 0.494 e. The van der Waals surface area contributed by atoms with E-state index in [0.717, 1.165) is 22.7 Å². The predicted octanol–water partition coefficient (Wildman–Crippen LogP) is 3.13. The summed E-state index contributed by atoms with van der Waals surface area (Å²) in [7, 11) is -0.389. The van der Waals surface area contributed by atoms with E-state index < -0.39 is 0 Å². The third-order valence-electron chi connectivity index (χ3n) is 5.97. The molecule has 2 heterocycles. The number of benzene rings is 1. The van der Waals surface area contributed by atoms with Crippen LogP contribution in [0.1, 0.15) is 41.0 Å². The first-order valence-corrected chi connectivity index (χ1v) is 9.22. The van der Waals surface area contributed by atoms with Crippen molar-refractivity contribution in [3.63, 3.8) is 0 Å². The highest BCUT2D eigenvalue weighted by Gasteiger charge is 2.51. The van der Waals surface area contributed by atoms with E-state index in [1.165, 1.54) is 0 Å². The second-order valence-corrected chi connectivity index (χ2v) is 8.57. The summed E-state index contributed by atoms with van der Waals surface area (Å²) in [5, 5.41) is 4.94. The summed E-state index contributed by atoms with van der Waals surface area (Å²) in [5.74, 6) is 1.29. The number of nitrogens with one attached hydrogen (secondary N) is 1. The fourth-order valence-electron chi connectivity index (χ4n) is 3.26. The van der Waals surface area contributed by atoms with Crippen LogP contribution in [-0.2, 0) is 14.1 Å². The van der Waals surface area contributed by atoms with Crippen molar-refractivity contribution >= 4 is 35.1 Å². The Hall–Kier alpha value is -1.92. The summed E-state index contributed by atoms with van der Waals surface area (Å²) < 4.78 is 12.2. The molecule has 2 fully saturated rings. The van der Waals surface area contributed by atoms with Gasteiger partial charge < -0.3 is 14.6 Å². The fraction of sp³-hybridized carbons (Fsp3) is 0.500. The summed E-state index contributed by atoms with van der Waals surface area (Å²) in [5.41, 5.74) is 0.249. The Kier molecular flexibility index (Phi) is 3.90. The minimum absolute atomic E-state index is 0.0678. The Morgan fingerprint density at radius 1 is 1.15 bits per heavy atom. The first-order chi connectivity index (χ1) is 12.2. The van der Waals surface area contributed by atoms with Gasteiger partial charge in [-0.3, -0.25) is 4.79 Å². The van der Waals surface area contributed by atoms with Crippen LogP contribution in [0, 0.1) is 11.8 Å². The van der Waals surface area contributed by atoms with Crippen LogP contribution in [0.25, 0.3) is 10.8 Å². The number of aromatic nitrogens is 1. The maximum atomic E-state index is 12.1. The molecule has 0 bridgehead atoms. The minimum Gasteiger partial charge on any atom is -0.399 e. The molecule has 4 rings (SSSR count). The predicted molar refractivity (Wildman–Crippen MR) is 103 cm³/mol. The molecule has 1 aromatic carbocycles. The van der Waals surface area contributed by atoms with Gasteiger partial charge in [0.2, 0.25) is 5.91 Å². The molecule has 2 atom stereocenters. The van der Waals surface area contributed by atoms with E-state index in [2.05, 4.69) is 17.2 Å². The zero-order valence-electron chi connectivity index (χ0n) is 16.0. The van der Waals surface area contributed by atoms with E-state index in [1.54, 1.807) is 6.20 Å². The molecule has 26 heavy (non-hydrogen) atoms. The second kappa shape index (κ2) is 5.79. The molecule has 6 heteroatoms. The zero-order chi connectivity index (χ0) is 18.7. The van der Waals surface area contributed by atoms with Gasteiger partial charge in [0.1, 0.15) is 5.82 Å². The number of amides is 1. The standard InChI is InChI=1S/C20H25BN2O3/c1-12-8-16(12)18(24)23-17-10-13-6-7-15(9-14(13)11-22-17)21-25-19(2,3)20(4,5)26-21/h6-7,9-12,16H,8H2,1-5H3,(H,22,23,24). The molecule has 1 aliphatic heterocycles. The van der Waals surface area contributed by atoms with Crippen LogP contribution in [0.5, 0.6) is 0 Å². The zero-order valence-corrected chi connectivity index (χ0v) is 16.0. The SMILES string of the molecule is CC1CC1C(=O)Nc1cc2ccc(B3OC(C)(C)C(C)(C)O3)cc2cn1. The van der Waals surface area contributed by atoms with Gasteiger partial charge in [-0.15, -0.1) is 0 Å². The molecule has 0 radical (unpaired) electrons. The van der Waals surface area contributed by atoms with Gasteiger partial charge in [0.15, 0.2) is 0 Å². The smallest absolute Gasteiger partial charge is 0.399 e. The molecule has 1 saturated heterocycles. The molecule has 136 valence electrons. The van der Waals surface area contributed by atoms with Crippen LogP contribution in [0.15, 0.2) is 30.5 Å². The van der Waals surface area contributed by atoms with Crippen LogP contribution in [0.2, 0.25) is 0 Å². The summed E-state index contributed by atoms with van der Waals surface area (Å²) >= 11 is 0. The van der Waals surface area contributed by atoms with Crippen LogP contribution >= 0.6 is 0 Å². The molecule has 2 aromatic rings. The van der Waals surface area contributed by atoms with Gasteiger partial charge in [-0.1, -0.05) is 25.1 Å². The van der Waals surface area contributed by atoms with Crippen LogP contribution < -0.4 is 10.8 Å². The third kappa shape index (κ3) is 3.01. The average Bonchev–Trinajstić information content (AvgIpc) is 3.25. The van der Waals surface area contributed by atoms with Gasteiger partial charge >= 0.3 is 7.12 Å². The Bertz CT molecular complexity index is 864. The number of hydrogen-bond acceptors (Lipinski definition) is 4. The lowest BCUT2D eigenvalue weighted by molar-refractivity contribution is -0.117. The minimum atomic E-state index is -0.389. The van der Waals surface area contributed by atoms with Crippen molar-refractivity contribution in [2.75, 3.05) is 5.32 Å². The highest BCUT2D eigenvalue weighted by molar-refractivity contribution is 6.62. The number of nitrogens with zero attached hydrogens (tertiary/aromatic N) is 1. The summed E-state index contributed by atoms with van der Waals surface area (Å²) in [4.78, 5) is 16.5. The van der Waals surface area contributed by atoms with Gasteiger partial charge in [-0.25, -0.2) is 4.98 Å².